The number of hydrogen-bond donors (Lipinski definition) is 2. The van der Waals surface area contributed by atoms with Gasteiger partial charge < -0.3 is 20.5 Å². The predicted octanol–water partition coefficient (Wildman–Crippen LogP) is 3.29. The zero-order valence-electron chi connectivity index (χ0n) is 16.1. The molecule has 1 atom stereocenters. The Balaban J connectivity index is 1.73. The number of para-hydroxylation sites is 1. The molecule has 7 heteroatoms. The van der Waals surface area contributed by atoms with Gasteiger partial charge in [-0.15, -0.1) is 0 Å². The Morgan fingerprint density at radius 2 is 1.93 bits per heavy atom. The second-order valence-corrected chi connectivity index (χ2v) is 7.09. The Labute approximate surface area is 171 Å². The molecule has 0 radical (unpaired) electrons. The van der Waals surface area contributed by atoms with E-state index in [9.17, 15) is 0 Å². The molecule has 0 saturated carbocycles. The smallest absolute Gasteiger partial charge is 0.193 e. The average molecular weight is 403 g/mol. The SMILES string of the molecule is COCc1ccccc1NC(N)=NCC(c1ccc(Cl)cc1)N1CCOCC1. The minimum atomic E-state index is 0.121. The summed E-state index contributed by atoms with van der Waals surface area (Å²) in [7, 11) is 1.67. The van der Waals surface area contributed by atoms with E-state index in [0.717, 1.165) is 42.6 Å². The highest BCUT2D eigenvalue weighted by Crippen LogP contribution is 2.24. The maximum Gasteiger partial charge on any atom is 0.193 e. The van der Waals surface area contributed by atoms with Gasteiger partial charge in [-0.1, -0.05) is 41.9 Å². The Kier molecular flexibility index (Phi) is 7.68. The molecule has 1 fully saturated rings. The van der Waals surface area contributed by atoms with Crippen molar-refractivity contribution in [3.8, 4) is 0 Å². The standard InChI is InChI=1S/C21H27ClN4O2/c1-27-15-17-4-2-3-5-19(17)25-21(23)24-14-20(26-10-12-28-13-11-26)16-6-8-18(22)9-7-16/h2-9,20H,10-15H2,1H3,(H3,23,24,25). The second-order valence-electron chi connectivity index (χ2n) is 6.66. The van der Waals surface area contributed by atoms with Crippen LogP contribution in [-0.2, 0) is 16.1 Å². The number of halogens is 1. The molecule has 0 bridgehead atoms. The number of nitrogens with one attached hydrogen (secondary N) is 1. The van der Waals surface area contributed by atoms with Crippen molar-refractivity contribution in [2.45, 2.75) is 12.6 Å². The van der Waals surface area contributed by atoms with Crippen LogP contribution >= 0.6 is 11.6 Å². The highest BCUT2D eigenvalue weighted by Gasteiger charge is 2.22. The quantitative estimate of drug-likeness (QED) is 0.549. The van der Waals surface area contributed by atoms with Crippen LogP contribution in [0.4, 0.5) is 5.69 Å². The maximum absolute atomic E-state index is 6.18. The summed E-state index contributed by atoms with van der Waals surface area (Å²) in [5.74, 6) is 0.385. The third-order valence-electron chi connectivity index (χ3n) is 4.76. The van der Waals surface area contributed by atoms with Gasteiger partial charge in [0.1, 0.15) is 0 Å². The number of nitrogens with two attached hydrogens (primary N) is 1. The van der Waals surface area contributed by atoms with Gasteiger partial charge in [-0.05, 0) is 23.8 Å². The molecule has 0 amide bonds. The lowest BCUT2D eigenvalue weighted by atomic mass is 10.0. The van der Waals surface area contributed by atoms with Gasteiger partial charge in [0.25, 0.3) is 0 Å². The molecular weight excluding hydrogens is 376 g/mol. The first-order valence-corrected chi connectivity index (χ1v) is 9.76. The van der Waals surface area contributed by atoms with Crippen LogP contribution in [0.5, 0.6) is 0 Å². The molecule has 0 spiro atoms. The number of anilines is 1. The molecule has 0 aliphatic carbocycles. The number of guanidine groups is 1. The van der Waals surface area contributed by atoms with E-state index in [4.69, 9.17) is 26.8 Å². The second kappa shape index (κ2) is 10.4. The van der Waals surface area contributed by atoms with E-state index in [1.165, 1.54) is 5.56 Å². The Hall–Kier alpha value is -2.12. The van der Waals surface area contributed by atoms with Crippen molar-refractivity contribution in [3.05, 3.63) is 64.7 Å². The molecule has 1 aliphatic heterocycles. The van der Waals surface area contributed by atoms with Gasteiger partial charge in [-0.3, -0.25) is 9.89 Å². The van der Waals surface area contributed by atoms with Crippen molar-refractivity contribution in [1.82, 2.24) is 4.90 Å². The van der Waals surface area contributed by atoms with Crippen molar-refractivity contribution in [1.29, 1.82) is 0 Å². The van der Waals surface area contributed by atoms with Gasteiger partial charge in [-0.2, -0.15) is 0 Å². The molecule has 2 aromatic rings. The van der Waals surface area contributed by atoms with Crippen LogP contribution in [0.25, 0.3) is 0 Å². The Morgan fingerprint density at radius 3 is 2.64 bits per heavy atom. The van der Waals surface area contributed by atoms with Crippen LogP contribution in [0.3, 0.4) is 0 Å². The fraction of sp³-hybridized carbons (Fsp3) is 0.381. The number of ether oxygens (including phenoxy) is 2. The molecule has 2 aromatic carbocycles. The van der Waals surface area contributed by atoms with Crippen molar-refractivity contribution >= 4 is 23.2 Å². The number of nitrogens with zero attached hydrogens (tertiary/aromatic N) is 2. The maximum atomic E-state index is 6.18. The number of aliphatic imine (C=N–C) groups is 1. The van der Waals surface area contributed by atoms with Gasteiger partial charge in [-0.25, -0.2) is 0 Å². The zero-order valence-corrected chi connectivity index (χ0v) is 16.9. The van der Waals surface area contributed by atoms with E-state index < -0.39 is 0 Å². The van der Waals surface area contributed by atoms with E-state index in [2.05, 4.69) is 27.3 Å². The van der Waals surface area contributed by atoms with Crippen LogP contribution in [0.1, 0.15) is 17.2 Å². The minimum absolute atomic E-state index is 0.121. The third-order valence-corrected chi connectivity index (χ3v) is 5.01. The van der Waals surface area contributed by atoms with Crippen molar-refractivity contribution in [2.24, 2.45) is 10.7 Å². The highest BCUT2D eigenvalue weighted by molar-refractivity contribution is 6.30. The molecular formula is C21H27ClN4O2. The summed E-state index contributed by atoms with van der Waals surface area (Å²) in [5, 5.41) is 3.92. The van der Waals surface area contributed by atoms with Crippen LogP contribution in [0.15, 0.2) is 53.5 Å². The number of rotatable bonds is 7. The minimum Gasteiger partial charge on any atom is -0.380 e. The number of hydrogen-bond acceptors (Lipinski definition) is 4. The molecule has 1 heterocycles. The average Bonchev–Trinajstić information content (AvgIpc) is 2.72. The van der Waals surface area contributed by atoms with Gasteiger partial charge in [0.2, 0.25) is 0 Å². The largest absolute Gasteiger partial charge is 0.380 e. The lowest BCUT2D eigenvalue weighted by Gasteiger charge is -2.34. The summed E-state index contributed by atoms with van der Waals surface area (Å²) in [5.41, 5.74) is 9.29. The number of morpholine rings is 1. The normalized spacial score (nSPS) is 16.7. The molecule has 150 valence electrons. The van der Waals surface area contributed by atoms with Crippen LogP contribution in [-0.4, -0.2) is 50.8 Å². The van der Waals surface area contributed by atoms with Crippen molar-refractivity contribution < 1.29 is 9.47 Å². The lowest BCUT2D eigenvalue weighted by Crippen LogP contribution is -2.40. The summed E-state index contributed by atoms with van der Waals surface area (Å²) >= 11 is 6.06. The molecule has 3 rings (SSSR count). The fourth-order valence-electron chi connectivity index (χ4n) is 3.29. The summed E-state index contributed by atoms with van der Waals surface area (Å²) in [6.07, 6.45) is 0. The van der Waals surface area contributed by atoms with Crippen LogP contribution < -0.4 is 11.1 Å². The van der Waals surface area contributed by atoms with Crippen LogP contribution in [0.2, 0.25) is 5.02 Å². The van der Waals surface area contributed by atoms with E-state index in [0.29, 0.717) is 19.1 Å². The Morgan fingerprint density at radius 1 is 1.21 bits per heavy atom. The first kappa shape index (κ1) is 20.6. The predicted molar refractivity (Wildman–Crippen MR) is 114 cm³/mol. The summed E-state index contributed by atoms with van der Waals surface area (Å²) in [4.78, 5) is 7.00. The van der Waals surface area contributed by atoms with E-state index >= 15 is 0 Å². The molecule has 1 unspecified atom stereocenters. The molecule has 28 heavy (non-hydrogen) atoms. The number of methoxy groups -OCH3 is 1. The van der Waals surface area contributed by atoms with Crippen molar-refractivity contribution in [2.75, 3.05) is 45.3 Å². The monoisotopic (exact) mass is 402 g/mol. The summed E-state index contributed by atoms with van der Waals surface area (Å²) in [6, 6.07) is 16.0. The van der Waals surface area contributed by atoms with Gasteiger partial charge >= 0.3 is 0 Å². The highest BCUT2D eigenvalue weighted by atomic mass is 35.5. The first-order valence-electron chi connectivity index (χ1n) is 9.38. The van der Waals surface area contributed by atoms with Gasteiger partial charge in [0, 0.05) is 36.5 Å². The zero-order chi connectivity index (χ0) is 19.8. The molecule has 3 N–H and O–H groups in total. The lowest BCUT2D eigenvalue weighted by molar-refractivity contribution is 0.0180. The molecule has 1 aliphatic rings. The summed E-state index contributed by atoms with van der Waals surface area (Å²) in [6.45, 7) is 4.25. The molecule has 1 saturated heterocycles. The third kappa shape index (κ3) is 5.69. The van der Waals surface area contributed by atoms with Crippen molar-refractivity contribution in [3.63, 3.8) is 0 Å². The molecule has 6 nitrogen and oxygen atoms in total. The Bertz CT molecular complexity index is 776. The topological polar surface area (TPSA) is 72.1 Å². The van der Waals surface area contributed by atoms with Crippen LogP contribution in [0, 0.1) is 0 Å². The van der Waals surface area contributed by atoms with E-state index in [-0.39, 0.29) is 6.04 Å². The molecule has 0 aromatic heterocycles. The van der Waals surface area contributed by atoms with E-state index in [1.807, 2.05) is 36.4 Å². The number of benzene rings is 2. The summed E-state index contributed by atoms with van der Waals surface area (Å²) < 4.78 is 10.7. The van der Waals surface area contributed by atoms with E-state index in [1.54, 1.807) is 7.11 Å². The first-order chi connectivity index (χ1) is 13.7. The van der Waals surface area contributed by atoms with Gasteiger partial charge in [0.05, 0.1) is 32.4 Å². The van der Waals surface area contributed by atoms with Gasteiger partial charge in [0.15, 0.2) is 5.96 Å². The fourth-order valence-corrected chi connectivity index (χ4v) is 3.42.